The van der Waals surface area contributed by atoms with Gasteiger partial charge in [0.05, 0.1) is 28.4 Å². The van der Waals surface area contributed by atoms with E-state index in [1.807, 2.05) is 50.2 Å². The highest BCUT2D eigenvalue weighted by Gasteiger charge is 2.18. The zero-order valence-electron chi connectivity index (χ0n) is 17.2. The van der Waals surface area contributed by atoms with Crippen LogP contribution in [0.25, 0.3) is 16.6 Å². The molecule has 0 radical (unpaired) electrons. The maximum atomic E-state index is 13.4. The summed E-state index contributed by atoms with van der Waals surface area (Å²) in [6.45, 7) is 5.30. The molecule has 0 aliphatic carbocycles. The van der Waals surface area contributed by atoms with Crippen molar-refractivity contribution in [3.05, 3.63) is 63.9 Å². The van der Waals surface area contributed by atoms with Gasteiger partial charge >= 0.3 is 0 Å². The summed E-state index contributed by atoms with van der Waals surface area (Å²) in [7, 11) is 0. The molecule has 4 rings (SSSR count). The van der Waals surface area contributed by atoms with E-state index in [-0.39, 0.29) is 23.3 Å². The molecular formula is C23H25N3O3S. The molecule has 1 aliphatic rings. The van der Waals surface area contributed by atoms with Crippen molar-refractivity contribution >= 4 is 28.6 Å². The van der Waals surface area contributed by atoms with E-state index in [0.717, 1.165) is 36.3 Å². The number of para-hydroxylation sites is 1. The predicted octanol–water partition coefficient (Wildman–Crippen LogP) is 3.39. The molecule has 1 N–H and O–H groups in total. The van der Waals surface area contributed by atoms with Crippen LogP contribution in [0.5, 0.6) is 0 Å². The monoisotopic (exact) mass is 423 g/mol. The van der Waals surface area contributed by atoms with E-state index in [4.69, 9.17) is 9.72 Å². The number of aryl methyl sites for hydroxylation is 1. The van der Waals surface area contributed by atoms with Gasteiger partial charge in [-0.1, -0.05) is 36.0 Å². The summed E-state index contributed by atoms with van der Waals surface area (Å²) in [5, 5.41) is 4.00. The van der Waals surface area contributed by atoms with Gasteiger partial charge in [0.1, 0.15) is 0 Å². The van der Waals surface area contributed by atoms with Crippen LogP contribution < -0.4 is 10.9 Å². The van der Waals surface area contributed by atoms with Crippen molar-refractivity contribution in [1.29, 1.82) is 0 Å². The molecule has 0 saturated carbocycles. The molecule has 1 atom stereocenters. The fourth-order valence-corrected chi connectivity index (χ4v) is 4.45. The number of hydrogen-bond acceptors (Lipinski definition) is 5. The zero-order valence-corrected chi connectivity index (χ0v) is 18.0. The first-order chi connectivity index (χ1) is 14.5. The second kappa shape index (κ2) is 9.02. The van der Waals surface area contributed by atoms with Crippen LogP contribution in [0, 0.1) is 13.8 Å². The Morgan fingerprint density at radius 1 is 1.23 bits per heavy atom. The maximum absolute atomic E-state index is 13.4. The molecule has 6 nitrogen and oxygen atoms in total. The minimum atomic E-state index is -0.128. The van der Waals surface area contributed by atoms with Gasteiger partial charge in [-0.25, -0.2) is 4.98 Å². The molecule has 0 spiro atoms. The van der Waals surface area contributed by atoms with Gasteiger partial charge in [0.25, 0.3) is 5.56 Å². The van der Waals surface area contributed by atoms with Crippen LogP contribution >= 0.6 is 11.8 Å². The van der Waals surface area contributed by atoms with Crippen LogP contribution in [0.3, 0.4) is 0 Å². The number of rotatable bonds is 6. The van der Waals surface area contributed by atoms with E-state index in [1.54, 1.807) is 10.6 Å². The second-order valence-corrected chi connectivity index (χ2v) is 8.44. The Kier molecular flexibility index (Phi) is 6.20. The quantitative estimate of drug-likeness (QED) is 0.486. The van der Waals surface area contributed by atoms with Gasteiger partial charge in [-0.15, -0.1) is 0 Å². The highest BCUT2D eigenvalue weighted by molar-refractivity contribution is 7.99. The summed E-state index contributed by atoms with van der Waals surface area (Å²) >= 11 is 1.28. The van der Waals surface area contributed by atoms with Crippen LogP contribution in [-0.4, -0.2) is 40.5 Å². The maximum Gasteiger partial charge on any atom is 0.266 e. The number of nitrogens with zero attached hydrogens (tertiary/aromatic N) is 2. The third-order valence-electron chi connectivity index (χ3n) is 5.45. The molecule has 30 heavy (non-hydrogen) atoms. The molecule has 2 aromatic carbocycles. The van der Waals surface area contributed by atoms with E-state index < -0.39 is 0 Å². The highest BCUT2D eigenvalue weighted by Crippen LogP contribution is 2.24. The smallest absolute Gasteiger partial charge is 0.266 e. The first kappa shape index (κ1) is 20.6. The summed E-state index contributed by atoms with van der Waals surface area (Å²) < 4.78 is 7.18. The minimum Gasteiger partial charge on any atom is -0.376 e. The Morgan fingerprint density at radius 3 is 2.87 bits per heavy atom. The molecular weight excluding hydrogens is 398 g/mol. The number of amides is 1. The minimum absolute atomic E-state index is 0.0922. The number of benzene rings is 2. The van der Waals surface area contributed by atoms with Gasteiger partial charge in [0, 0.05) is 13.2 Å². The number of ether oxygens (including phenoxy) is 1. The van der Waals surface area contributed by atoms with E-state index >= 15 is 0 Å². The fourth-order valence-electron chi connectivity index (χ4n) is 3.61. The Hall–Kier alpha value is -2.64. The largest absolute Gasteiger partial charge is 0.376 e. The topological polar surface area (TPSA) is 73.2 Å². The van der Waals surface area contributed by atoms with E-state index in [9.17, 15) is 9.59 Å². The van der Waals surface area contributed by atoms with Crippen molar-refractivity contribution in [1.82, 2.24) is 14.9 Å². The number of thioether (sulfide) groups is 1. The normalized spacial score (nSPS) is 16.1. The van der Waals surface area contributed by atoms with E-state index in [0.29, 0.717) is 22.6 Å². The van der Waals surface area contributed by atoms with Crippen LogP contribution in [0.15, 0.2) is 52.4 Å². The lowest BCUT2D eigenvalue weighted by molar-refractivity contribution is -0.119. The Bertz CT molecular complexity index is 1140. The number of fused-ring (bicyclic) bond motifs is 1. The highest BCUT2D eigenvalue weighted by atomic mass is 32.2. The van der Waals surface area contributed by atoms with Gasteiger partial charge < -0.3 is 10.1 Å². The molecule has 1 aliphatic heterocycles. The number of carbonyl (C=O) groups is 1. The lowest BCUT2D eigenvalue weighted by Gasteiger charge is -2.16. The van der Waals surface area contributed by atoms with Gasteiger partial charge in [0.2, 0.25) is 5.91 Å². The molecule has 7 heteroatoms. The van der Waals surface area contributed by atoms with Crippen LogP contribution in [0.1, 0.15) is 24.0 Å². The van der Waals surface area contributed by atoms with Gasteiger partial charge in [0.15, 0.2) is 5.16 Å². The Labute approximate surface area is 179 Å². The number of carbonyl (C=O) groups excluding carboxylic acids is 1. The standard InChI is InChI=1S/C23H25N3O3S/c1-15-7-5-11-20(16(15)2)26-22(28)18-9-3-4-10-19(18)25-23(26)30-14-21(27)24-13-17-8-6-12-29-17/h3-5,7,9-11,17H,6,8,12-14H2,1-2H3,(H,24,27)/t17-/m0/s1. The Balaban J connectivity index is 1.65. The molecule has 0 unspecified atom stereocenters. The number of aromatic nitrogens is 2. The average Bonchev–Trinajstić information content (AvgIpc) is 3.27. The molecule has 2 heterocycles. The van der Waals surface area contributed by atoms with Crippen molar-refractivity contribution in [2.24, 2.45) is 0 Å². The van der Waals surface area contributed by atoms with E-state index in [1.165, 1.54) is 11.8 Å². The van der Waals surface area contributed by atoms with Gasteiger partial charge in [-0.3, -0.25) is 14.2 Å². The molecule has 1 saturated heterocycles. The SMILES string of the molecule is Cc1cccc(-n2c(SCC(=O)NC[C@@H]3CCCO3)nc3ccccc3c2=O)c1C. The summed E-state index contributed by atoms with van der Waals surface area (Å²) in [5.74, 6) is 0.0907. The lowest BCUT2D eigenvalue weighted by atomic mass is 10.1. The van der Waals surface area contributed by atoms with Crippen LogP contribution in [0.2, 0.25) is 0 Å². The van der Waals surface area contributed by atoms with Crippen molar-refractivity contribution in [2.45, 2.75) is 37.9 Å². The first-order valence-electron chi connectivity index (χ1n) is 10.1. The van der Waals surface area contributed by atoms with E-state index in [2.05, 4.69) is 5.32 Å². The van der Waals surface area contributed by atoms with Crippen molar-refractivity contribution in [3.8, 4) is 5.69 Å². The number of nitrogens with one attached hydrogen (secondary N) is 1. The molecule has 1 amide bonds. The third kappa shape index (κ3) is 4.27. The van der Waals surface area contributed by atoms with Crippen molar-refractivity contribution in [2.75, 3.05) is 18.9 Å². The van der Waals surface area contributed by atoms with Crippen molar-refractivity contribution in [3.63, 3.8) is 0 Å². The second-order valence-electron chi connectivity index (χ2n) is 7.50. The summed E-state index contributed by atoms with van der Waals surface area (Å²) in [6, 6.07) is 13.2. The summed E-state index contributed by atoms with van der Waals surface area (Å²) in [4.78, 5) is 30.5. The summed E-state index contributed by atoms with van der Waals surface area (Å²) in [6.07, 6.45) is 2.12. The Morgan fingerprint density at radius 2 is 2.07 bits per heavy atom. The molecule has 3 aromatic rings. The lowest BCUT2D eigenvalue weighted by Crippen LogP contribution is -2.33. The van der Waals surface area contributed by atoms with Crippen molar-refractivity contribution < 1.29 is 9.53 Å². The average molecular weight is 424 g/mol. The van der Waals surface area contributed by atoms with Crippen LogP contribution in [0.4, 0.5) is 0 Å². The molecule has 0 bridgehead atoms. The fraction of sp³-hybridized carbons (Fsp3) is 0.348. The predicted molar refractivity (Wildman–Crippen MR) is 120 cm³/mol. The molecule has 1 aromatic heterocycles. The molecule has 156 valence electrons. The molecule has 1 fully saturated rings. The van der Waals surface area contributed by atoms with Gasteiger partial charge in [-0.2, -0.15) is 0 Å². The first-order valence-corrected chi connectivity index (χ1v) is 11.1. The van der Waals surface area contributed by atoms with Crippen LogP contribution in [-0.2, 0) is 9.53 Å². The number of hydrogen-bond donors (Lipinski definition) is 1. The van der Waals surface area contributed by atoms with Gasteiger partial charge in [-0.05, 0) is 56.0 Å². The third-order valence-corrected chi connectivity index (χ3v) is 6.38. The summed E-state index contributed by atoms with van der Waals surface area (Å²) in [5.41, 5.74) is 3.41. The zero-order chi connectivity index (χ0) is 21.1.